The van der Waals surface area contributed by atoms with Crippen LogP contribution in [-0.2, 0) is 9.59 Å². The molecule has 3 amide bonds. The van der Waals surface area contributed by atoms with Crippen LogP contribution in [0, 0.1) is 0 Å². The van der Waals surface area contributed by atoms with Crippen LogP contribution in [0.4, 0.5) is 5.69 Å². The van der Waals surface area contributed by atoms with E-state index < -0.39 is 5.91 Å². The second-order valence-electron chi connectivity index (χ2n) is 3.83. The van der Waals surface area contributed by atoms with Gasteiger partial charge in [0.15, 0.2) is 0 Å². The molecule has 0 aliphatic carbocycles. The Kier molecular flexibility index (Phi) is 5.53. The van der Waals surface area contributed by atoms with Crippen molar-refractivity contribution in [2.24, 2.45) is 0 Å². The Balaban J connectivity index is 2.58. The lowest BCUT2D eigenvalue weighted by molar-refractivity contribution is -0.121. The second-order valence-corrected chi connectivity index (χ2v) is 3.83. The highest BCUT2D eigenvalue weighted by molar-refractivity contribution is 5.96. The minimum atomic E-state index is -0.407. The summed E-state index contributed by atoms with van der Waals surface area (Å²) < 4.78 is 0. The molecule has 0 saturated heterocycles. The van der Waals surface area contributed by atoms with Gasteiger partial charge in [0.25, 0.3) is 5.91 Å². The number of carbonyl (C=O) groups excluding carboxylic acids is 3. The molecular weight excluding hydrogens is 246 g/mol. The first-order valence-corrected chi connectivity index (χ1v) is 6.06. The largest absolute Gasteiger partial charge is 0.326 e. The number of hydrogen-bond acceptors (Lipinski definition) is 3. The van der Waals surface area contributed by atoms with Crippen molar-refractivity contribution in [3.63, 3.8) is 0 Å². The number of hydrazine groups is 1. The predicted octanol–water partition coefficient (Wildman–Crippen LogP) is 1.21. The second kappa shape index (κ2) is 7.15. The standard InChI is InChI=1S/C13H17N3O3/c1-3-11(17)14-10-7-5-9(6-8-10)13(19)16-15-12(18)4-2/h5-8H,3-4H2,1-2H3,(H,14,17)(H,15,18)(H,16,19). The number of anilines is 1. The molecule has 0 atom stereocenters. The van der Waals surface area contributed by atoms with E-state index in [2.05, 4.69) is 16.2 Å². The zero-order valence-corrected chi connectivity index (χ0v) is 10.9. The van der Waals surface area contributed by atoms with Crippen molar-refractivity contribution in [1.82, 2.24) is 10.9 Å². The average molecular weight is 263 g/mol. The molecule has 0 bridgehead atoms. The summed E-state index contributed by atoms with van der Waals surface area (Å²) >= 11 is 0. The molecule has 0 saturated carbocycles. The molecule has 1 aromatic rings. The summed E-state index contributed by atoms with van der Waals surface area (Å²) in [5, 5.41) is 2.68. The van der Waals surface area contributed by atoms with Gasteiger partial charge >= 0.3 is 0 Å². The quantitative estimate of drug-likeness (QED) is 0.713. The summed E-state index contributed by atoms with van der Waals surface area (Å²) in [4.78, 5) is 33.8. The summed E-state index contributed by atoms with van der Waals surface area (Å²) in [7, 11) is 0. The van der Waals surface area contributed by atoms with Crippen LogP contribution < -0.4 is 16.2 Å². The van der Waals surface area contributed by atoms with Crippen LogP contribution in [0.1, 0.15) is 37.0 Å². The molecule has 0 aliphatic rings. The van der Waals surface area contributed by atoms with Crippen molar-refractivity contribution >= 4 is 23.4 Å². The zero-order valence-electron chi connectivity index (χ0n) is 10.9. The molecule has 6 nitrogen and oxygen atoms in total. The van der Waals surface area contributed by atoms with Gasteiger partial charge in [-0.15, -0.1) is 0 Å². The van der Waals surface area contributed by atoms with E-state index >= 15 is 0 Å². The van der Waals surface area contributed by atoms with E-state index in [1.165, 1.54) is 0 Å². The minimum Gasteiger partial charge on any atom is -0.326 e. The lowest BCUT2D eigenvalue weighted by Gasteiger charge is -2.07. The molecule has 0 aromatic heterocycles. The van der Waals surface area contributed by atoms with Crippen LogP contribution in [0.3, 0.4) is 0 Å². The van der Waals surface area contributed by atoms with Crippen LogP contribution >= 0.6 is 0 Å². The van der Waals surface area contributed by atoms with Gasteiger partial charge in [0.1, 0.15) is 0 Å². The van der Waals surface area contributed by atoms with Crippen molar-refractivity contribution in [3.05, 3.63) is 29.8 Å². The molecule has 3 N–H and O–H groups in total. The summed E-state index contributed by atoms with van der Waals surface area (Å²) in [5.74, 6) is -0.761. The Morgan fingerprint density at radius 2 is 1.47 bits per heavy atom. The first-order valence-electron chi connectivity index (χ1n) is 6.06. The molecule has 1 rings (SSSR count). The van der Waals surface area contributed by atoms with Crippen molar-refractivity contribution in [3.8, 4) is 0 Å². The molecule has 0 heterocycles. The molecule has 0 radical (unpaired) electrons. The molecule has 6 heteroatoms. The van der Waals surface area contributed by atoms with Gasteiger partial charge in [0.2, 0.25) is 11.8 Å². The predicted molar refractivity (Wildman–Crippen MR) is 71.3 cm³/mol. The van der Waals surface area contributed by atoms with Gasteiger partial charge in [0.05, 0.1) is 0 Å². The smallest absolute Gasteiger partial charge is 0.269 e. The Morgan fingerprint density at radius 1 is 0.895 bits per heavy atom. The molecule has 0 unspecified atom stereocenters. The summed E-state index contributed by atoms with van der Waals surface area (Å²) in [6.07, 6.45) is 0.688. The van der Waals surface area contributed by atoms with Gasteiger partial charge in [-0.05, 0) is 24.3 Å². The van der Waals surface area contributed by atoms with E-state index in [9.17, 15) is 14.4 Å². The molecule has 19 heavy (non-hydrogen) atoms. The number of nitrogens with one attached hydrogen (secondary N) is 3. The Bertz CT molecular complexity index is 469. The van der Waals surface area contributed by atoms with Gasteiger partial charge in [-0.3, -0.25) is 25.2 Å². The molecule has 0 fully saturated rings. The molecular formula is C13H17N3O3. The fraction of sp³-hybridized carbons (Fsp3) is 0.308. The normalized spacial score (nSPS) is 9.58. The topological polar surface area (TPSA) is 87.3 Å². The SMILES string of the molecule is CCC(=O)NNC(=O)c1ccc(NC(=O)CC)cc1. The summed E-state index contributed by atoms with van der Waals surface area (Å²) in [6.45, 7) is 3.44. The molecule has 1 aromatic carbocycles. The molecule has 102 valence electrons. The minimum absolute atomic E-state index is 0.0904. The van der Waals surface area contributed by atoms with Crippen LogP contribution in [-0.4, -0.2) is 17.7 Å². The number of benzene rings is 1. The van der Waals surface area contributed by atoms with Crippen molar-refractivity contribution in [2.45, 2.75) is 26.7 Å². The van der Waals surface area contributed by atoms with Gasteiger partial charge in [-0.2, -0.15) is 0 Å². The van der Waals surface area contributed by atoms with E-state index in [-0.39, 0.29) is 11.8 Å². The van der Waals surface area contributed by atoms with Crippen LogP contribution in [0.25, 0.3) is 0 Å². The highest BCUT2D eigenvalue weighted by atomic mass is 16.2. The summed E-state index contributed by atoms with van der Waals surface area (Å²) in [5.41, 5.74) is 5.59. The highest BCUT2D eigenvalue weighted by Gasteiger charge is 2.06. The van der Waals surface area contributed by atoms with Crippen LogP contribution in [0.5, 0.6) is 0 Å². The fourth-order valence-electron chi connectivity index (χ4n) is 1.24. The van der Waals surface area contributed by atoms with Gasteiger partial charge in [0, 0.05) is 24.1 Å². The number of hydrogen-bond donors (Lipinski definition) is 3. The Hall–Kier alpha value is -2.37. The molecule has 0 spiro atoms. The van der Waals surface area contributed by atoms with E-state index in [4.69, 9.17) is 0 Å². The van der Waals surface area contributed by atoms with E-state index in [0.717, 1.165) is 0 Å². The van der Waals surface area contributed by atoms with Crippen molar-refractivity contribution < 1.29 is 14.4 Å². The zero-order chi connectivity index (χ0) is 14.3. The number of amides is 3. The van der Waals surface area contributed by atoms with Crippen LogP contribution in [0.2, 0.25) is 0 Å². The Morgan fingerprint density at radius 3 is 2.00 bits per heavy atom. The van der Waals surface area contributed by atoms with Crippen LogP contribution in [0.15, 0.2) is 24.3 Å². The lowest BCUT2D eigenvalue weighted by atomic mass is 10.2. The number of carbonyl (C=O) groups is 3. The first-order chi connectivity index (χ1) is 9.06. The average Bonchev–Trinajstić information content (AvgIpc) is 2.44. The monoisotopic (exact) mass is 263 g/mol. The summed E-state index contributed by atoms with van der Waals surface area (Å²) in [6, 6.07) is 6.39. The maximum atomic E-state index is 11.6. The fourth-order valence-corrected chi connectivity index (χ4v) is 1.24. The van der Waals surface area contributed by atoms with E-state index in [0.29, 0.717) is 24.1 Å². The third-order valence-corrected chi connectivity index (χ3v) is 2.39. The van der Waals surface area contributed by atoms with Crippen molar-refractivity contribution in [1.29, 1.82) is 0 Å². The highest BCUT2D eigenvalue weighted by Crippen LogP contribution is 2.09. The lowest BCUT2D eigenvalue weighted by Crippen LogP contribution is -2.41. The third kappa shape index (κ3) is 4.79. The van der Waals surface area contributed by atoms with E-state index in [1.54, 1.807) is 38.1 Å². The molecule has 0 aliphatic heterocycles. The maximum absolute atomic E-state index is 11.6. The Labute approximate surface area is 111 Å². The van der Waals surface area contributed by atoms with Gasteiger partial charge < -0.3 is 5.32 Å². The van der Waals surface area contributed by atoms with Gasteiger partial charge in [-0.1, -0.05) is 13.8 Å². The third-order valence-electron chi connectivity index (χ3n) is 2.39. The van der Waals surface area contributed by atoms with Crippen molar-refractivity contribution in [2.75, 3.05) is 5.32 Å². The van der Waals surface area contributed by atoms with Gasteiger partial charge in [-0.25, -0.2) is 0 Å². The maximum Gasteiger partial charge on any atom is 0.269 e. The van der Waals surface area contributed by atoms with E-state index in [1.807, 2.05) is 0 Å². The number of rotatable bonds is 4. The first kappa shape index (κ1) is 14.7.